The molecule has 2 aromatic rings. The highest BCUT2D eigenvalue weighted by atomic mass is 16.5. The Kier molecular flexibility index (Phi) is 2.33. The smallest absolute Gasteiger partial charge is 0.194 e. The van der Waals surface area contributed by atoms with E-state index in [0.717, 1.165) is 17.7 Å². The summed E-state index contributed by atoms with van der Waals surface area (Å²) in [6, 6.07) is 7.20. The summed E-state index contributed by atoms with van der Waals surface area (Å²) in [7, 11) is 0. The van der Waals surface area contributed by atoms with Crippen LogP contribution in [0.25, 0.3) is 0 Å². The van der Waals surface area contributed by atoms with E-state index in [2.05, 4.69) is 10.2 Å². The predicted molar refractivity (Wildman–Crippen MR) is 61.1 cm³/mol. The minimum atomic E-state index is -0.0328. The maximum absolute atomic E-state index is 12.1. The van der Waals surface area contributed by atoms with Crippen LogP contribution in [0.5, 0.6) is 5.75 Å². The van der Waals surface area contributed by atoms with Gasteiger partial charge in [0.15, 0.2) is 5.78 Å². The molecule has 1 aliphatic rings. The molecule has 0 saturated carbocycles. The van der Waals surface area contributed by atoms with Gasteiger partial charge in [0.25, 0.3) is 0 Å². The second-order valence-corrected chi connectivity index (χ2v) is 3.88. The summed E-state index contributed by atoms with van der Waals surface area (Å²) in [6.45, 7) is 0.698. The first-order chi connectivity index (χ1) is 8.34. The number of nitrogens with zero attached hydrogens (tertiary/aromatic N) is 2. The van der Waals surface area contributed by atoms with Gasteiger partial charge in [0.05, 0.1) is 19.0 Å². The van der Waals surface area contributed by atoms with E-state index in [0.29, 0.717) is 17.7 Å². The van der Waals surface area contributed by atoms with Gasteiger partial charge in [-0.25, -0.2) is 0 Å². The molecule has 1 aromatic carbocycles. The van der Waals surface area contributed by atoms with Crippen LogP contribution in [0, 0.1) is 0 Å². The van der Waals surface area contributed by atoms with Crippen LogP contribution in [0.1, 0.15) is 21.5 Å². The Balaban J connectivity index is 1.97. The molecule has 2 heterocycles. The zero-order valence-corrected chi connectivity index (χ0v) is 9.09. The number of fused-ring (bicyclic) bond motifs is 1. The number of carbonyl (C=O) groups excluding carboxylic acids is 1. The van der Waals surface area contributed by atoms with Crippen molar-refractivity contribution in [2.75, 3.05) is 6.61 Å². The van der Waals surface area contributed by atoms with Crippen molar-refractivity contribution in [2.24, 2.45) is 0 Å². The van der Waals surface area contributed by atoms with Crippen molar-refractivity contribution in [2.45, 2.75) is 6.42 Å². The summed E-state index contributed by atoms with van der Waals surface area (Å²) in [4.78, 5) is 12.1. The molecule has 3 rings (SSSR count). The van der Waals surface area contributed by atoms with Crippen molar-refractivity contribution in [3.8, 4) is 5.75 Å². The first-order valence-corrected chi connectivity index (χ1v) is 5.42. The van der Waals surface area contributed by atoms with Crippen LogP contribution in [0.2, 0.25) is 0 Å². The van der Waals surface area contributed by atoms with Crippen molar-refractivity contribution in [3.05, 3.63) is 53.3 Å². The largest absolute Gasteiger partial charge is 0.493 e. The zero-order chi connectivity index (χ0) is 11.7. The normalized spacial score (nSPS) is 12.9. The molecule has 1 aliphatic heterocycles. The van der Waals surface area contributed by atoms with E-state index < -0.39 is 0 Å². The van der Waals surface area contributed by atoms with Crippen LogP contribution < -0.4 is 4.74 Å². The lowest BCUT2D eigenvalue weighted by molar-refractivity contribution is 0.103. The number of hydrogen-bond acceptors (Lipinski definition) is 4. The lowest BCUT2D eigenvalue weighted by Gasteiger charge is -2.03. The molecule has 1 aromatic heterocycles. The summed E-state index contributed by atoms with van der Waals surface area (Å²) in [5, 5.41) is 7.37. The fraction of sp³-hybridized carbons (Fsp3) is 0.154. The zero-order valence-electron chi connectivity index (χ0n) is 9.09. The average Bonchev–Trinajstić information content (AvgIpc) is 2.86. The molecule has 0 bridgehead atoms. The van der Waals surface area contributed by atoms with Crippen LogP contribution in [0.4, 0.5) is 0 Å². The number of benzene rings is 1. The second kappa shape index (κ2) is 3.97. The first-order valence-electron chi connectivity index (χ1n) is 5.42. The van der Waals surface area contributed by atoms with E-state index >= 15 is 0 Å². The third kappa shape index (κ3) is 1.78. The van der Waals surface area contributed by atoms with Crippen molar-refractivity contribution in [1.82, 2.24) is 10.2 Å². The maximum atomic E-state index is 12.1. The summed E-state index contributed by atoms with van der Waals surface area (Å²) in [5.74, 6) is 0.851. The number of rotatable bonds is 2. The highest BCUT2D eigenvalue weighted by molar-refractivity contribution is 6.08. The lowest BCUT2D eigenvalue weighted by Crippen LogP contribution is -2.02. The average molecular weight is 226 g/mol. The molecular weight excluding hydrogens is 216 g/mol. The van der Waals surface area contributed by atoms with Gasteiger partial charge >= 0.3 is 0 Å². The Labute approximate surface area is 98.3 Å². The fourth-order valence-electron chi connectivity index (χ4n) is 1.92. The Morgan fingerprint density at radius 1 is 1.18 bits per heavy atom. The highest BCUT2D eigenvalue weighted by Gasteiger charge is 2.16. The van der Waals surface area contributed by atoms with Crippen molar-refractivity contribution in [1.29, 1.82) is 0 Å². The second-order valence-electron chi connectivity index (χ2n) is 3.88. The molecule has 4 heteroatoms. The van der Waals surface area contributed by atoms with E-state index in [9.17, 15) is 4.79 Å². The number of hydrogen-bond donors (Lipinski definition) is 0. The van der Waals surface area contributed by atoms with E-state index in [1.165, 1.54) is 12.4 Å². The summed E-state index contributed by atoms with van der Waals surface area (Å²) < 4.78 is 5.41. The molecule has 0 N–H and O–H groups in total. The van der Waals surface area contributed by atoms with E-state index in [4.69, 9.17) is 4.74 Å². The third-order valence-electron chi connectivity index (χ3n) is 2.80. The minimum Gasteiger partial charge on any atom is -0.493 e. The van der Waals surface area contributed by atoms with E-state index in [1.807, 2.05) is 12.1 Å². The highest BCUT2D eigenvalue weighted by Crippen LogP contribution is 2.26. The lowest BCUT2D eigenvalue weighted by atomic mass is 10.0. The van der Waals surface area contributed by atoms with Crippen LogP contribution in [-0.4, -0.2) is 22.6 Å². The van der Waals surface area contributed by atoms with Gasteiger partial charge < -0.3 is 4.74 Å². The molecule has 0 atom stereocenters. The Morgan fingerprint density at radius 3 is 2.94 bits per heavy atom. The molecule has 0 fully saturated rings. The predicted octanol–water partition coefficient (Wildman–Crippen LogP) is 1.64. The number of ketones is 1. The first kappa shape index (κ1) is 9.96. The topological polar surface area (TPSA) is 52.1 Å². The SMILES string of the molecule is O=C(c1ccnnc1)c1ccc2c(c1)CCO2. The van der Waals surface area contributed by atoms with Gasteiger partial charge in [0.2, 0.25) is 0 Å². The molecule has 0 saturated heterocycles. The number of carbonyl (C=O) groups is 1. The Morgan fingerprint density at radius 2 is 2.12 bits per heavy atom. The molecule has 0 amide bonds. The quantitative estimate of drug-likeness (QED) is 0.730. The van der Waals surface area contributed by atoms with Crippen LogP contribution >= 0.6 is 0 Å². The number of aromatic nitrogens is 2. The fourth-order valence-corrected chi connectivity index (χ4v) is 1.92. The van der Waals surface area contributed by atoms with Crippen molar-refractivity contribution >= 4 is 5.78 Å². The molecular formula is C13H10N2O2. The van der Waals surface area contributed by atoms with Crippen molar-refractivity contribution in [3.63, 3.8) is 0 Å². The molecule has 0 unspecified atom stereocenters. The molecule has 17 heavy (non-hydrogen) atoms. The van der Waals surface area contributed by atoms with Crippen LogP contribution in [0.15, 0.2) is 36.7 Å². The van der Waals surface area contributed by atoms with E-state index in [1.54, 1.807) is 12.1 Å². The van der Waals surface area contributed by atoms with Gasteiger partial charge in [-0.3, -0.25) is 4.79 Å². The minimum absolute atomic E-state index is 0.0328. The van der Waals surface area contributed by atoms with Gasteiger partial charge in [0, 0.05) is 17.5 Å². The molecule has 0 radical (unpaired) electrons. The number of ether oxygens (including phenoxy) is 1. The molecule has 0 spiro atoms. The van der Waals surface area contributed by atoms with Crippen LogP contribution in [-0.2, 0) is 6.42 Å². The van der Waals surface area contributed by atoms with Gasteiger partial charge in [-0.2, -0.15) is 10.2 Å². The van der Waals surface area contributed by atoms with Gasteiger partial charge in [0.1, 0.15) is 5.75 Å². The Hall–Kier alpha value is -2.23. The van der Waals surface area contributed by atoms with E-state index in [-0.39, 0.29) is 5.78 Å². The summed E-state index contributed by atoms with van der Waals surface area (Å²) in [6.07, 6.45) is 3.86. The third-order valence-corrected chi connectivity index (χ3v) is 2.80. The molecule has 84 valence electrons. The maximum Gasteiger partial charge on any atom is 0.194 e. The Bertz CT molecular complexity index is 567. The monoisotopic (exact) mass is 226 g/mol. The van der Waals surface area contributed by atoms with Crippen molar-refractivity contribution < 1.29 is 9.53 Å². The standard InChI is InChI=1S/C13H10N2O2/c16-13(11-3-5-14-15-8-11)10-1-2-12-9(7-10)4-6-17-12/h1-3,5,7-8H,4,6H2. The van der Waals surface area contributed by atoms with Gasteiger partial charge in [-0.15, -0.1) is 0 Å². The summed E-state index contributed by atoms with van der Waals surface area (Å²) in [5.41, 5.74) is 2.32. The molecule has 4 nitrogen and oxygen atoms in total. The van der Waals surface area contributed by atoms with Crippen LogP contribution in [0.3, 0.4) is 0 Å². The van der Waals surface area contributed by atoms with Gasteiger partial charge in [-0.1, -0.05) is 0 Å². The molecule has 0 aliphatic carbocycles. The summed E-state index contributed by atoms with van der Waals surface area (Å²) >= 11 is 0. The van der Waals surface area contributed by atoms with Gasteiger partial charge in [-0.05, 0) is 29.8 Å².